The van der Waals surface area contributed by atoms with Gasteiger partial charge in [-0.1, -0.05) is 24.8 Å². The van der Waals surface area contributed by atoms with Crippen LogP contribution in [0, 0.1) is 17.2 Å². The van der Waals surface area contributed by atoms with Crippen molar-refractivity contribution < 1.29 is 18.7 Å². The summed E-state index contributed by atoms with van der Waals surface area (Å²) in [5, 5.41) is 17.0. The molecule has 10 heteroatoms. The molecular weight excluding hydrogens is 523 g/mol. The van der Waals surface area contributed by atoms with Crippen LogP contribution >= 0.6 is 0 Å². The van der Waals surface area contributed by atoms with Crippen LogP contribution in [0.4, 0.5) is 4.39 Å². The molecule has 2 N–H and O–H groups in total. The van der Waals surface area contributed by atoms with Gasteiger partial charge in [-0.25, -0.2) is 4.39 Å². The van der Waals surface area contributed by atoms with Crippen molar-refractivity contribution in [2.24, 2.45) is 5.92 Å². The minimum absolute atomic E-state index is 0.00383. The van der Waals surface area contributed by atoms with Crippen molar-refractivity contribution in [1.82, 2.24) is 25.3 Å². The molecule has 1 saturated carbocycles. The number of nitrogens with one attached hydrogen (secondary N) is 2. The Labute approximate surface area is 242 Å². The van der Waals surface area contributed by atoms with E-state index in [1.165, 1.54) is 12.5 Å². The summed E-state index contributed by atoms with van der Waals surface area (Å²) in [6.45, 7) is 7.22. The van der Waals surface area contributed by atoms with Crippen LogP contribution in [0.2, 0.25) is 0 Å². The van der Waals surface area contributed by atoms with Gasteiger partial charge in [-0.3, -0.25) is 20.3 Å². The molecule has 4 heterocycles. The van der Waals surface area contributed by atoms with Gasteiger partial charge >= 0.3 is 0 Å². The molecule has 4 fully saturated rings. The van der Waals surface area contributed by atoms with Crippen molar-refractivity contribution in [1.29, 1.82) is 5.26 Å². The quantitative estimate of drug-likeness (QED) is 0.508. The van der Waals surface area contributed by atoms with Gasteiger partial charge < -0.3 is 19.3 Å². The Hall–Kier alpha value is -2.55. The number of likely N-dealkylation sites (N-methyl/N-ethyl adjacent to an activating group) is 1. The molecule has 1 aromatic rings. The average molecular weight is 567 g/mol. The van der Waals surface area contributed by atoms with Crippen LogP contribution in [0.1, 0.15) is 56.7 Å². The first-order valence-electron chi connectivity index (χ1n) is 15.2. The number of benzene rings is 1. The molecule has 9 nitrogen and oxygen atoms in total. The normalized spacial score (nSPS) is 37.6. The lowest BCUT2D eigenvalue weighted by molar-refractivity contribution is -0.141. The van der Waals surface area contributed by atoms with Crippen LogP contribution in [0.3, 0.4) is 0 Å². The molecule has 0 aromatic heterocycles. The zero-order chi connectivity index (χ0) is 28.6. The summed E-state index contributed by atoms with van der Waals surface area (Å²) in [7, 11) is 2.15. The summed E-state index contributed by atoms with van der Waals surface area (Å²) in [6.07, 6.45) is 5.23. The number of nitrogens with zero attached hydrogens (tertiary/aromatic N) is 4. The SMILES string of the molecule is C=CC(=O)N1CCN(C2NC(OCC3CCCN3C)NC3C[C@]4(CCC32)CC(F)c2ccccc2O4)CC1CC#N. The maximum absolute atomic E-state index is 15.4. The first-order valence-corrected chi connectivity index (χ1v) is 15.2. The predicted octanol–water partition coefficient (Wildman–Crippen LogP) is 2.91. The smallest absolute Gasteiger partial charge is 0.246 e. The van der Waals surface area contributed by atoms with Gasteiger partial charge in [-0.15, -0.1) is 0 Å². The van der Waals surface area contributed by atoms with E-state index < -0.39 is 11.8 Å². The lowest BCUT2D eigenvalue weighted by Gasteiger charge is -2.56. The summed E-state index contributed by atoms with van der Waals surface area (Å²) in [4.78, 5) is 19.0. The standard InChI is InChI=1S/C31H43FN6O3/c1-3-28(39)38-16-15-37(19-21(38)11-13-33)29-24-10-12-31(17-25(32)23-8-4-5-9-27(23)41-31)18-26(24)34-30(35-29)40-20-22-7-6-14-36(22)2/h3-5,8-9,21-22,24-26,29-30,34-35H,1,6-7,10-12,14-20H2,2H3/t21?,22?,24?,25?,26?,29?,30?,31-/m0/s1. The van der Waals surface area contributed by atoms with E-state index in [4.69, 9.17) is 9.47 Å². The molecule has 1 aromatic carbocycles. The molecule has 7 unspecified atom stereocenters. The summed E-state index contributed by atoms with van der Waals surface area (Å²) in [5.41, 5.74) is 0.0899. The molecule has 3 saturated heterocycles. The van der Waals surface area contributed by atoms with E-state index in [2.05, 4.69) is 40.1 Å². The van der Waals surface area contributed by atoms with E-state index in [0.717, 1.165) is 25.8 Å². The Morgan fingerprint density at radius 2 is 2.10 bits per heavy atom. The third-order valence-electron chi connectivity index (χ3n) is 10.1. The molecule has 1 aliphatic carbocycles. The first-order chi connectivity index (χ1) is 19.9. The second-order valence-electron chi connectivity index (χ2n) is 12.5. The predicted molar refractivity (Wildman–Crippen MR) is 152 cm³/mol. The Kier molecular flexibility index (Phi) is 8.35. The number of hydrogen-bond acceptors (Lipinski definition) is 8. The summed E-state index contributed by atoms with van der Waals surface area (Å²) >= 11 is 0. The van der Waals surface area contributed by atoms with E-state index in [1.54, 1.807) is 4.90 Å². The van der Waals surface area contributed by atoms with E-state index in [9.17, 15) is 10.1 Å². The number of likely N-dealkylation sites (tertiary alicyclic amines) is 1. The maximum Gasteiger partial charge on any atom is 0.246 e. The zero-order valence-electron chi connectivity index (χ0n) is 24.0. The van der Waals surface area contributed by atoms with Crippen molar-refractivity contribution in [2.45, 2.75) is 87.4 Å². The second-order valence-corrected chi connectivity index (χ2v) is 12.5. The number of fused-ring (bicyclic) bond motifs is 2. The third kappa shape index (κ3) is 5.75. The summed E-state index contributed by atoms with van der Waals surface area (Å²) in [6, 6.07) is 10.0. The van der Waals surface area contributed by atoms with Gasteiger partial charge in [0.1, 0.15) is 17.5 Å². The number of amides is 1. The Balaban J connectivity index is 1.22. The lowest BCUT2D eigenvalue weighted by atomic mass is 9.69. The Morgan fingerprint density at radius 1 is 1.24 bits per heavy atom. The fourth-order valence-corrected chi connectivity index (χ4v) is 7.88. The van der Waals surface area contributed by atoms with E-state index in [-0.39, 0.29) is 42.8 Å². The molecule has 4 aliphatic heterocycles. The minimum atomic E-state index is -1.04. The molecule has 0 bridgehead atoms. The molecule has 1 amide bonds. The number of piperazine rings is 1. The molecule has 8 atom stereocenters. The highest BCUT2D eigenvalue weighted by Crippen LogP contribution is 2.49. The number of carbonyl (C=O) groups excluding carboxylic acids is 1. The van der Waals surface area contributed by atoms with Gasteiger partial charge in [0, 0.05) is 56.0 Å². The maximum atomic E-state index is 15.4. The van der Waals surface area contributed by atoms with Gasteiger partial charge in [0.05, 0.1) is 31.3 Å². The first kappa shape index (κ1) is 28.6. The van der Waals surface area contributed by atoms with Crippen LogP contribution in [-0.2, 0) is 9.53 Å². The number of rotatable bonds is 6. The molecular formula is C31H43FN6O3. The number of nitriles is 1. The van der Waals surface area contributed by atoms with Crippen LogP contribution < -0.4 is 15.4 Å². The highest BCUT2D eigenvalue weighted by molar-refractivity contribution is 5.87. The van der Waals surface area contributed by atoms with E-state index >= 15 is 4.39 Å². The molecule has 41 heavy (non-hydrogen) atoms. The van der Waals surface area contributed by atoms with Gasteiger partial charge in [0.15, 0.2) is 6.35 Å². The van der Waals surface area contributed by atoms with E-state index in [0.29, 0.717) is 56.4 Å². The molecule has 1 spiro atoms. The fourth-order valence-electron chi connectivity index (χ4n) is 7.88. The van der Waals surface area contributed by atoms with E-state index in [1.807, 2.05) is 24.3 Å². The number of alkyl halides is 1. The highest BCUT2D eigenvalue weighted by atomic mass is 19.1. The molecule has 5 aliphatic rings. The Bertz CT molecular complexity index is 1160. The number of halogens is 1. The zero-order valence-corrected chi connectivity index (χ0v) is 24.0. The molecule has 0 radical (unpaired) electrons. The van der Waals surface area contributed by atoms with Crippen LogP contribution in [0.15, 0.2) is 36.9 Å². The number of hydrogen-bond donors (Lipinski definition) is 2. The Morgan fingerprint density at radius 3 is 2.88 bits per heavy atom. The molecule has 222 valence electrons. The fraction of sp³-hybridized carbons (Fsp3) is 0.677. The van der Waals surface area contributed by atoms with Crippen molar-refractivity contribution in [3.05, 3.63) is 42.5 Å². The van der Waals surface area contributed by atoms with Crippen molar-refractivity contribution in [3.63, 3.8) is 0 Å². The largest absolute Gasteiger partial charge is 0.487 e. The van der Waals surface area contributed by atoms with Gasteiger partial charge in [0.2, 0.25) is 5.91 Å². The lowest BCUT2D eigenvalue weighted by Crippen LogP contribution is -2.73. The van der Waals surface area contributed by atoms with Crippen molar-refractivity contribution in [2.75, 3.05) is 39.8 Å². The third-order valence-corrected chi connectivity index (χ3v) is 10.1. The minimum Gasteiger partial charge on any atom is -0.487 e. The number of para-hydroxylation sites is 1. The number of carbonyl (C=O) groups is 1. The highest BCUT2D eigenvalue weighted by Gasteiger charge is 2.52. The summed E-state index contributed by atoms with van der Waals surface area (Å²) in [5.74, 6) is 0.783. The van der Waals surface area contributed by atoms with Gasteiger partial charge in [-0.05, 0) is 51.4 Å². The monoisotopic (exact) mass is 566 g/mol. The van der Waals surface area contributed by atoms with Gasteiger partial charge in [-0.2, -0.15) is 5.26 Å². The summed E-state index contributed by atoms with van der Waals surface area (Å²) < 4.78 is 28.5. The van der Waals surface area contributed by atoms with Crippen LogP contribution in [0.25, 0.3) is 0 Å². The second kappa shape index (κ2) is 12.0. The van der Waals surface area contributed by atoms with Crippen molar-refractivity contribution in [3.8, 4) is 11.8 Å². The molecule has 6 rings (SSSR count). The number of ether oxygens (including phenoxy) is 2. The topological polar surface area (TPSA) is 93.1 Å². The van der Waals surface area contributed by atoms with Crippen molar-refractivity contribution >= 4 is 5.91 Å². The van der Waals surface area contributed by atoms with Gasteiger partial charge in [0.25, 0.3) is 0 Å². The average Bonchev–Trinajstić information content (AvgIpc) is 3.39. The van der Waals surface area contributed by atoms with Crippen LogP contribution in [-0.4, -0.2) is 96.7 Å². The van der Waals surface area contributed by atoms with Crippen LogP contribution in [0.5, 0.6) is 5.75 Å².